The van der Waals surface area contributed by atoms with Crippen LogP contribution in [0.25, 0.3) is 0 Å². The SMILES string of the molecule is C=CC(C)C(O)C1=CC(N2CCN(OC(=O)c3ccccc3)CC2)=CCC1C. The van der Waals surface area contributed by atoms with Crippen molar-refractivity contribution in [3.63, 3.8) is 0 Å². The summed E-state index contributed by atoms with van der Waals surface area (Å²) in [6, 6.07) is 9.05. The molecule has 5 heteroatoms. The van der Waals surface area contributed by atoms with Gasteiger partial charge >= 0.3 is 5.97 Å². The maximum Gasteiger partial charge on any atom is 0.357 e. The second kappa shape index (κ2) is 9.22. The molecule has 0 saturated carbocycles. The maximum atomic E-state index is 12.2. The number of piperazine rings is 1. The molecule has 1 heterocycles. The number of nitrogens with zero attached hydrogens (tertiary/aromatic N) is 2. The summed E-state index contributed by atoms with van der Waals surface area (Å²) in [5.41, 5.74) is 2.78. The van der Waals surface area contributed by atoms with Gasteiger partial charge in [0.05, 0.1) is 24.8 Å². The van der Waals surface area contributed by atoms with Gasteiger partial charge in [-0.3, -0.25) is 0 Å². The molecule has 2 aliphatic rings. The average molecular weight is 383 g/mol. The molecule has 1 N–H and O–H groups in total. The zero-order valence-corrected chi connectivity index (χ0v) is 16.8. The van der Waals surface area contributed by atoms with Crippen molar-refractivity contribution >= 4 is 5.97 Å². The summed E-state index contributed by atoms with van der Waals surface area (Å²) in [5.74, 6) is 0.0417. The van der Waals surface area contributed by atoms with E-state index in [1.165, 1.54) is 0 Å². The molecular weight excluding hydrogens is 352 g/mol. The zero-order chi connectivity index (χ0) is 20.1. The number of aliphatic hydroxyl groups excluding tert-OH is 1. The molecule has 1 aliphatic carbocycles. The van der Waals surface area contributed by atoms with E-state index in [0.717, 1.165) is 30.8 Å². The highest BCUT2D eigenvalue weighted by Crippen LogP contribution is 2.31. The molecule has 1 fully saturated rings. The number of benzene rings is 1. The number of carbonyl (C=O) groups is 1. The van der Waals surface area contributed by atoms with Crippen molar-refractivity contribution in [1.29, 1.82) is 0 Å². The Morgan fingerprint density at radius 1 is 1.25 bits per heavy atom. The first-order valence-electron chi connectivity index (χ1n) is 9.99. The quantitative estimate of drug-likeness (QED) is 0.764. The topological polar surface area (TPSA) is 53.0 Å². The second-order valence-corrected chi connectivity index (χ2v) is 7.61. The van der Waals surface area contributed by atoms with Crippen LogP contribution in [0.15, 0.2) is 66.4 Å². The number of aliphatic hydroxyl groups is 1. The number of hydroxylamine groups is 2. The van der Waals surface area contributed by atoms with Crippen molar-refractivity contribution in [1.82, 2.24) is 9.96 Å². The molecule has 3 atom stereocenters. The van der Waals surface area contributed by atoms with Gasteiger partial charge in [0.1, 0.15) is 0 Å². The highest BCUT2D eigenvalue weighted by molar-refractivity contribution is 5.89. The van der Waals surface area contributed by atoms with Crippen molar-refractivity contribution in [3.8, 4) is 0 Å². The minimum atomic E-state index is -0.496. The van der Waals surface area contributed by atoms with E-state index < -0.39 is 6.10 Å². The fourth-order valence-corrected chi connectivity index (χ4v) is 3.62. The van der Waals surface area contributed by atoms with Crippen LogP contribution in [0.5, 0.6) is 0 Å². The van der Waals surface area contributed by atoms with Crippen molar-refractivity contribution in [2.24, 2.45) is 11.8 Å². The lowest BCUT2D eigenvalue weighted by Crippen LogP contribution is -2.46. The Kier molecular flexibility index (Phi) is 6.70. The highest BCUT2D eigenvalue weighted by atomic mass is 16.7. The predicted molar refractivity (Wildman–Crippen MR) is 110 cm³/mol. The van der Waals surface area contributed by atoms with Crippen molar-refractivity contribution in [2.45, 2.75) is 26.4 Å². The molecule has 0 amide bonds. The third-order valence-electron chi connectivity index (χ3n) is 5.60. The van der Waals surface area contributed by atoms with Gasteiger partial charge in [-0.1, -0.05) is 44.2 Å². The van der Waals surface area contributed by atoms with Gasteiger partial charge in [0.25, 0.3) is 0 Å². The molecule has 0 radical (unpaired) electrons. The lowest BCUT2D eigenvalue weighted by Gasteiger charge is -2.37. The van der Waals surface area contributed by atoms with E-state index in [-0.39, 0.29) is 11.9 Å². The molecule has 1 aliphatic heterocycles. The van der Waals surface area contributed by atoms with E-state index in [4.69, 9.17) is 4.84 Å². The first-order valence-corrected chi connectivity index (χ1v) is 9.99. The molecule has 28 heavy (non-hydrogen) atoms. The van der Waals surface area contributed by atoms with E-state index in [9.17, 15) is 9.90 Å². The Bertz CT molecular complexity index is 748. The fourth-order valence-electron chi connectivity index (χ4n) is 3.62. The van der Waals surface area contributed by atoms with E-state index >= 15 is 0 Å². The average Bonchev–Trinajstić information content (AvgIpc) is 2.74. The van der Waals surface area contributed by atoms with Gasteiger partial charge in [0.2, 0.25) is 0 Å². The molecule has 1 aromatic rings. The van der Waals surface area contributed by atoms with Crippen LogP contribution in [0.4, 0.5) is 0 Å². The normalized spacial score (nSPS) is 22.7. The summed E-state index contributed by atoms with van der Waals surface area (Å²) in [5, 5.41) is 12.4. The van der Waals surface area contributed by atoms with Crippen LogP contribution in [-0.4, -0.2) is 53.3 Å². The first-order chi connectivity index (χ1) is 13.5. The summed E-state index contributed by atoms with van der Waals surface area (Å²) in [7, 11) is 0. The lowest BCUT2D eigenvalue weighted by molar-refractivity contribution is -0.126. The molecule has 0 spiro atoms. The van der Waals surface area contributed by atoms with Crippen molar-refractivity contribution in [2.75, 3.05) is 26.2 Å². The lowest BCUT2D eigenvalue weighted by atomic mass is 9.83. The Labute approximate surface area is 167 Å². The van der Waals surface area contributed by atoms with E-state index in [1.807, 2.05) is 25.1 Å². The Hall–Kier alpha value is -2.37. The molecule has 3 unspecified atom stereocenters. The first kappa shape index (κ1) is 20.4. The Morgan fingerprint density at radius 3 is 2.57 bits per heavy atom. The van der Waals surface area contributed by atoms with Crippen LogP contribution in [-0.2, 0) is 4.84 Å². The summed E-state index contributed by atoms with van der Waals surface area (Å²) < 4.78 is 0. The Morgan fingerprint density at radius 2 is 1.93 bits per heavy atom. The Balaban J connectivity index is 1.58. The van der Waals surface area contributed by atoms with Gasteiger partial charge in [-0.25, -0.2) is 4.79 Å². The van der Waals surface area contributed by atoms with Gasteiger partial charge in [-0.2, -0.15) is 0 Å². The number of hydrogen-bond acceptors (Lipinski definition) is 5. The van der Waals surface area contributed by atoms with Crippen molar-refractivity contribution in [3.05, 3.63) is 72.0 Å². The number of allylic oxidation sites excluding steroid dienone is 2. The third kappa shape index (κ3) is 4.72. The molecule has 3 rings (SSSR count). The van der Waals surface area contributed by atoms with E-state index in [0.29, 0.717) is 24.6 Å². The van der Waals surface area contributed by atoms with Crippen LogP contribution in [0.2, 0.25) is 0 Å². The molecule has 0 aromatic heterocycles. The number of carbonyl (C=O) groups excluding carboxylic acids is 1. The largest absolute Gasteiger partial charge is 0.388 e. The molecule has 5 nitrogen and oxygen atoms in total. The van der Waals surface area contributed by atoms with Crippen LogP contribution in [0.1, 0.15) is 30.6 Å². The molecule has 1 aromatic carbocycles. The second-order valence-electron chi connectivity index (χ2n) is 7.61. The maximum absolute atomic E-state index is 12.2. The zero-order valence-electron chi connectivity index (χ0n) is 16.8. The van der Waals surface area contributed by atoms with Crippen LogP contribution in [0, 0.1) is 11.8 Å². The molecule has 150 valence electrons. The molecule has 1 saturated heterocycles. The third-order valence-corrected chi connectivity index (χ3v) is 5.60. The summed E-state index contributed by atoms with van der Waals surface area (Å²) in [6.07, 6.45) is 6.60. The fraction of sp³-hybridized carbons (Fsp3) is 0.435. The predicted octanol–water partition coefficient (Wildman–Crippen LogP) is 3.41. The number of rotatable bonds is 6. The van der Waals surface area contributed by atoms with Crippen LogP contribution >= 0.6 is 0 Å². The van der Waals surface area contributed by atoms with Gasteiger partial charge < -0.3 is 14.8 Å². The van der Waals surface area contributed by atoms with Gasteiger partial charge in [-0.05, 0) is 36.1 Å². The minimum absolute atomic E-state index is 0.0299. The van der Waals surface area contributed by atoms with E-state index in [2.05, 4.69) is 30.6 Å². The smallest absolute Gasteiger partial charge is 0.357 e. The van der Waals surface area contributed by atoms with Crippen LogP contribution in [0.3, 0.4) is 0 Å². The molecular formula is C23H30N2O3. The minimum Gasteiger partial charge on any atom is -0.388 e. The van der Waals surface area contributed by atoms with Gasteiger partial charge in [-0.15, -0.1) is 11.6 Å². The van der Waals surface area contributed by atoms with Crippen LogP contribution < -0.4 is 0 Å². The van der Waals surface area contributed by atoms with Crippen molar-refractivity contribution < 1.29 is 14.7 Å². The molecule has 0 bridgehead atoms. The summed E-state index contributed by atoms with van der Waals surface area (Å²) in [4.78, 5) is 20.0. The monoisotopic (exact) mass is 382 g/mol. The van der Waals surface area contributed by atoms with Gasteiger partial charge in [0.15, 0.2) is 0 Å². The standard InChI is InChI=1S/C23H30N2O3/c1-4-17(2)22(26)21-16-20(11-10-18(21)3)24-12-14-25(15-13-24)28-23(27)19-8-6-5-7-9-19/h4-9,11,16-18,22,26H,1,10,12-15H2,2-3H3. The summed E-state index contributed by atoms with van der Waals surface area (Å²) in [6.45, 7) is 10.8. The highest BCUT2D eigenvalue weighted by Gasteiger charge is 2.27. The number of hydrogen-bond donors (Lipinski definition) is 1. The van der Waals surface area contributed by atoms with Gasteiger partial charge in [0, 0.05) is 24.7 Å². The summed E-state index contributed by atoms with van der Waals surface area (Å²) >= 11 is 0. The van der Waals surface area contributed by atoms with E-state index in [1.54, 1.807) is 23.3 Å².